The summed E-state index contributed by atoms with van der Waals surface area (Å²) in [4.78, 5) is 15.7. The number of para-hydroxylation sites is 1. The first-order valence-corrected chi connectivity index (χ1v) is 9.97. The van der Waals surface area contributed by atoms with Crippen LogP contribution < -0.4 is 10.6 Å². The summed E-state index contributed by atoms with van der Waals surface area (Å²) in [5, 5.41) is 8.17. The van der Waals surface area contributed by atoms with Crippen molar-refractivity contribution in [2.24, 2.45) is 0 Å². The number of nitrogens with one attached hydrogen (secondary N) is 3. The van der Waals surface area contributed by atoms with Gasteiger partial charge >= 0.3 is 0 Å². The van der Waals surface area contributed by atoms with Crippen molar-refractivity contribution in [2.75, 3.05) is 0 Å². The van der Waals surface area contributed by atoms with Crippen LogP contribution in [0.2, 0.25) is 5.02 Å². The van der Waals surface area contributed by atoms with E-state index in [1.165, 1.54) is 17.5 Å². The van der Waals surface area contributed by atoms with Gasteiger partial charge in [-0.3, -0.25) is 4.79 Å². The number of fused-ring (bicyclic) bond motifs is 1. The van der Waals surface area contributed by atoms with Crippen molar-refractivity contribution in [3.63, 3.8) is 0 Å². The molecular formula is C22H23ClFN3O. The van der Waals surface area contributed by atoms with E-state index in [1.54, 1.807) is 6.07 Å². The van der Waals surface area contributed by atoms with E-state index in [0.717, 1.165) is 37.0 Å². The average molecular weight is 400 g/mol. The molecule has 4 nitrogen and oxygen atoms in total. The molecule has 1 amide bonds. The van der Waals surface area contributed by atoms with Gasteiger partial charge in [0.05, 0.1) is 6.42 Å². The monoisotopic (exact) mass is 399 g/mol. The lowest BCUT2D eigenvalue weighted by Crippen LogP contribution is -2.36. The van der Waals surface area contributed by atoms with Gasteiger partial charge in [-0.25, -0.2) is 4.39 Å². The first-order chi connectivity index (χ1) is 13.5. The van der Waals surface area contributed by atoms with Crippen LogP contribution in [-0.4, -0.2) is 23.0 Å². The van der Waals surface area contributed by atoms with Crippen molar-refractivity contribution >= 4 is 28.4 Å². The van der Waals surface area contributed by atoms with Gasteiger partial charge in [0, 0.05) is 34.9 Å². The van der Waals surface area contributed by atoms with Crippen molar-refractivity contribution < 1.29 is 9.18 Å². The lowest BCUT2D eigenvalue weighted by Gasteiger charge is -2.14. The van der Waals surface area contributed by atoms with Crippen molar-refractivity contribution in [1.82, 2.24) is 15.6 Å². The summed E-state index contributed by atoms with van der Waals surface area (Å²) in [6.45, 7) is 0.780. The van der Waals surface area contributed by atoms with E-state index in [1.807, 2.05) is 12.1 Å². The van der Waals surface area contributed by atoms with E-state index in [4.69, 9.17) is 11.6 Å². The molecule has 0 unspecified atom stereocenters. The first kappa shape index (κ1) is 19.0. The number of H-pyrrole nitrogens is 1. The standard InChI is InChI=1S/C22H23ClFN3O/c23-16-7-14(8-17(24)11-16)9-22(28)27-19-6-5-18(12-19)25-13-20-10-15-3-1-2-4-21(15)26-20/h1-4,7-8,10-11,18-19,25-26H,5-6,9,12-13H2,(H,27,28)/t18-,19-/m0/s1. The van der Waals surface area contributed by atoms with Crippen LogP contribution in [0.15, 0.2) is 48.5 Å². The summed E-state index contributed by atoms with van der Waals surface area (Å²) in [5.41, 5.74) is 2.90. The van der Waals surface area contributed by atoms with Gasteiger partial charge in [0.15, 0.2) is 0 Å². The Bertz CT molecular complexity index is 934. The van der Waals surface area contributed by atoms with Crippen LogP contribution in [0.1, 0.15) is 30.5 Å². The number of carbonyl (C=O) groups excluding carboxylic acids is 1. The molecule has 1 aliphatic rings. The molecule has 146 valence electrons. The van der Waals surface area contributed by atoms with E-state index in [0.29, 0.717) is 16.6 Å². The maximum absolute atomic E-state index is 13.4. The fraction of sp³-hybridized carbons (Fsp3) is 0.318. The molecule has 1 saturated carbocycles. The zero-order valence-corrected chi connectivity index (χ0v) is 16.2. The van der Waals surface area contributed by atoms with Crippen LogP contribution in [0.25, 0.3) is 10.9 Å². The maximum atomic E-state index is 13.4. The highest BCUT2D eigenvalue weighted by Gasteiger charge is 2.25. The fourth-order valence-corrected chi connectivity index (χ4v) is 4.20. The molecule has 0 bridgehead atoms. The van der Waals surface area contributed by atoms with Gasteiger partial charge in [-0.1, -0.05) is 29.8 Å². The average Bonchev–Trinajstić information content (AvgIpc) is 3.24. The molecule has 0 saturated heterocycles. The number of rotatable bonds is 6. The van der Waals surface area contributed by atoms with E-state index in [2.05, 4.69) is 33.8 Å². The molecule has 0 radical (unpaired) electrons. The molecule has 0 spiro atoms. The van der Waals surface area contributed by atoms with Gasteiger partial charge in [-0.05, 0) is 60.5 Å². The quantitative estimate of drug-likeness (QED) is 0.577. The highest BCUT2D eigenvalue weighted by atomic mass is 35.5. The third-order valence-electron chi connectivity index (χ3n) is 5.25. The van der Waals surface area contributed by atoms with Gasteiger partial charge in [0.25, 0.3) is 0 Å². The number of aromatic nitrogens is 1. The Morgan fingerprint density at radius 1 is 1.14 bits per heavy atom. The minimum atomic E-state index is -0.419. The molecule has 0 aliphatic heterocycles. The molecular weight excluding hydrogens is 377 g/mol. The lowest BCUT2D eigenvalue weighted by atomic mass is 10.1. The third-order valence-corrected chi connectivity index (χ3v) is 5.47. The first-order valence-electron chi connectivity index (χ1n) is 9.59. The van der Waals surface area contributed by atoms with Gasteiger partial charge in [-0.2, -0.15) is 0 Å². The SMILES string of the molecule is O=C(Cc1cc(F)cc(Cl)c1)N[C@H]1CC[C@H](NCc2cc3ccccc3[nH]2)C1. The van der Waals surface area contributed by atoms with Gasteiger partial charge in [0.2, 0.25) is 5.91 Å². The molecule has 1 fully saturated rings. The van der Waals surface area contributed by atoms with Gasteiger partial charge < -0.3 is 15.6 Å². The van der Waals surface area contributed by atoms with E-state index >= 15 is 0 Å². The third kappa shape index (κ3) is 4.72. The Labute approximate surface area is 168 Å². The minimum absolute atomic E-state index is 0.0945. The molecule has 3 aromatic rings. The lowest BCUT2D eigenvalue weighted by molar-refractivity contribution is -0.121. The second-order valence-corrected chi connectivity index (χ2v) is 7.93. The largest absolute Gasteiger partial charge is 0.357 e. The normalized spacial score (nSPS) is 19.2. The second kappa shape index (κ2) is 8.33. The Balaban J connectivity index is 1.25. The van der Waals surface area contributed by atoms with Crippen molar-refractivity contribution in [3.8, 4) is 0 Å². The Hall–Kier alpha value is -2.37. The highest BCUT2D eigenvalue weighted by Crippen LogP contribution is 2.21. The summed E-state index contributed by atoms with van der Waals surface area (Å²) in [6, 6.07) is 15.1. The molecule has 1 aliphatic carbocycles. The topological polar surface area (TPSA) is 56.9 Å². The number of halogens is 2. The molecule has 1 aromatic heterocycles. The summed E-state index contributed by atoms with van der Waals surface area (Å²) in [5.74, 6) is -0.514. The summed E-state index contributed by atoms with van der Waals surface area (Å²) >= 11 is 5.85. The van der Waals surface area contributed by atoms with E-state index in [9.17, 15) is 9.18 Å². The van der Waals surface area contributed by atoms with Gasteiger partial charge in [-0.15, -0.1) is 0 Å². The van der Waals surface area contributed by atoms with Crippen LogP contribution in [-0.2, 0) is 17.8 Å². The Kier molecular flexibility index (Phi) is 5.64. The van der Waals surface area contributed by atoms with Crippen LogP contribution in [0.4, 0.5) is 4.39 Å². The van der Waals surface area contributed by atoms with Crippen LogP contribution >= 0.6 is 11.6 Å². The highest BCUT2D eigenvalue weighted by molar-refractivity contribution is 6.30. The zero-order valence-electron chi connectivity index (χ0n) is 15.5. The van der Waals surface area contributed by atoms with Gasteiger partial charge in [0.1, 0.15) is 5.82 Å². The molecule has 1 heterocycles. The smallest absolute Gasteiger partial charge is 0.224 e. The molecule has 6 heteroatoms. The molecule has 2 atom stereocenters. The van der Waals surface area contributed by atoms with Crippen molar-refractivity contribution in [2.45, 2.75) is 44.3 Å². The minimum Gasteiger partial charge on any atom is -0.357 e. The maximum Gasteiger partial charge on any atom is 0.224 e. The predicted molar refractivity (Wildman–Crippen MR) is 110 cm³/mol. The summed E-state index contributed by atoms with van der Waals surface area (Å²) < 4.78 is 13.4. The second-order valence-electron chi connectivity index (χ2n) is 7.49. The van der Waals surface area contributed by atoms with Crippen molar-refractivity contribution in [1.29, 1.82) is 0 Å². The van der Waals surface area contributed by atoms with Crippen LogP contribution in [0.3, 0.4) is 0 Å². The molecule has 2 aromatic carbocycles. The molecule has 3 N–H and O–H groups in total. The number of carbonyl (C=O) groups is 1. The summed E-state index contributed by atoms with van der Waals surface area (Å²) in [6.07, 6.45) is 3.01. The molecule has 4 rings (SSSR count). The summed E-state index contributed by atoms with van der Waals surface area (Å²) in [7, 11) is 0. The number of amides is 1. The Morgan fingerprint density at radius 3 is 2.79 bits per heavy atom. The molecule has 28 heavy (non-hydrogen) atoms. The van der Waals surface area contributed by atoms with Crippen LogP contribution in [0, 0.1) is 5.82 Å². The fourth-order valence-electron chi connectivity index (χ4n) is 3.96. The van der Waals surface area contributed by atoms with Crippen LogP contribution in [0.5, 0.6) is 0 Å². The van der Waals surface area contributed by atoms with E-state index in [-0.39, 0.29) is 18.4 Å². The number of aromatic amines is 1. The predicted octanol–water partition coefficient (Wildman–Crippen LogP) is 4.33. The van der Waals surface area contributed by atoms with Crippen molar-refractivity contribution in [3.05, 3.63) is 70.6 Å². The van der Waals surface area contributed by atoms with E-state index < -0.39 is 5.82 Å². The number of benzene rings is 2. The zero-order chi connectivity index (χ0) is 19.5. The number of hydrogen-bond acceptors (Lipinski definition) is 2. The number of hydrogen-bond donors (Lipinski definition) is 3. The Morgan fingerprint density at radius 2 is 1.96 bits per heavy atom.